The van der Waals surface area contributed by atoms with Crippen LogP contribution in [0.25, 0.3) is 0 Å². The second-order valence-corrected chi connectivity index (χ2v) is 4.96. The predicted octanol–water partition coefficient (Wildman–Crippen LogP) is 1.22. The number of aliphatic hydroxyl groups is 3. The van der Waals surface area contributed by atoms with Gasteiger partial charge in [0.15, 0.2) is 0 Å². The van der Waals surface area contributed by atoms with E-state index in [4.69, 9.17) is 9.84 Å². The molecule has 102 valence electrons. The van der Waals surface area contributed by atoms with Gasteiger partial charge < -0.3 is 20.1 Å². The minimum absolute atomic E-state index is 0.124. The van der Waals surface area contributed by atoms with E-state index in [1.165, 1.54) is 0 Å². The third-order valence-electron chi connectivity index (χ3n) is 3.37. The van der Waals surface area contributed by atoms with Gasteiger partial charge in [0.25, 0.3) is 0 Å². The third-order valence-corrected chi connectivity index (χ3v) is 3.37. The van der Waals surface area contributed by atoms with Gasteiger partial charge >= 0.3 is 0 Å². The molecule has 1 aliphatic heterocycles. The fraction of sp³-hybridized carbons (Fsp3) is 1.00. The maximum Gasteiger partial charge on any atom is 0.0577 e. The number of rotatable bonds is 9. The Morgan fingerprint density at radius 2 is 1.76 bits per heavy atom. The van der Waals surface area contributed by atoms with Crippen molar-refractivity contribution >= 4 is 0 Å². The normalized spacial score (nSPS) is 23.8. The van der Waals surface area contributed by atoms with Crippen LogP contribution in [0.1, 0.15) is 51.4 Å². The van der Waals surface area contributed by atoms with Gasteiger partial charge in [-0.05, 0) is 51.4 Å². The molecule has 17 heavy (non-hydrogen) atoms. The van der Waals surface area contributed by atoms with Gasteiger partial charge in [-0.15, -0.1) is 0 Å². The summed E-state index contributed by atoms with van der Waals surface area (Å²) < 4.78 is 5.49. The van der Waals surface area contributed by atoms with Crippen LogP contribution in [0.4, 0.5) is 0 Å². The van der Waals surface area contributed by atoms with Crippen molar-refractivity contribution in [2.24, 2.45) is 0 Å². The summed E-state index contributed by atoms with van der Waals surface area (Å²) in [7, 11) is 0. The molecule has 1 saturated heterocycles. The first kappa shape index (κ1) is 14.9. The Hall–Kier alpha value is -0.160. The van der Waals surface area contributed by atoms with Gasteiger partial charge in [-0.25, -0.2) is 0 Å². The summed E-state index contributed by atoms with van der Waals surface area (Å²) in [6.45, 7) is 0.985. The fourth-order valence-electron chi connectivity index (χ4n) is 2.25. The summed E-state index contributed by atoms with van der Waals surface area (Å²) in [5, 5.41) is 28.0. The molecule has 3 N–H and O–H groups in total. The molecule has 1 fully saturated rings. The number of aliphatic hydroxyl groups excluding tert-OH is 3. The van der Waals surface area contributed by atoms with Gasteiger partial charge in [-0.2, -0.15) is 0 Å². The van der Waals surface area contributed by atoms with E-state index in [1.54, 1.807) is 0 Å². The van der Waals surface area contributed by atoms with Crippen LogP contribution in [0.5, 0.6) is 0 Å². The Labute approximate surface area is 104 Å². The van der Waals surface area contributed by atoms with E-state index in [0.717, 1.165) is 32.3 Å². The van der Waals surface area contributed by atoms with Crippen LogP contribution >= 0.6 is 0 Å². The zero-order chi connectivity index (χ0) is 12.5. The zero-order valence-electron chi connectivity index (χ0n) is 10.6. The molecule has 0 amide bonds. The molecule has 4 heteroatoms. The Morgan fingerprint density at radius 3 is 2.35 bits per heavy atom. The lowest BCUT2D eigenvalue weighted by atomic mass is 10.0. The standard InChI is InChI=1S/C13H26O4/c14-9-1-3-11(15)5-6-12(16)7-8-13-4-2-10-17-13/h11-16H,1-10H2/t11-,12+,13-/m1/s1. The molecule has 0 unspecified atom stereocenters. The maximum absolute atomic E-state index is 9.77. The quantitative estimate of drug-likeness (QED) is 0.572. The van der Waals surface area contributed by atoms with Gasteiger partial charge in [-0.3, -0.25) is 0 Å². The highest BCUT2D eigenvalue weighted by atomic mass is 16.5. The lowest BCUT2D eigenvalue weighted by Gasteiger charge is -2.15. The molecule has 0 spiro atoms. The molecule has 0 aromatic carbocycles. The van der Waals surface area contributed by atoms with Crippen molar-refractivity contribution in [3.8, 4) is 0 Å². The van der Waals surface area contributed by atoms with E-state index in [-0.39, 0.29) is 18.8 Å². The summed E-state index contributed by atoms with van der Waals surface area (Å²) in [4.78, 5) is 0. The first-order valence-corrected chi connectivity index (χ1v) is 6.81. The lowest BCUT2D eigenvalue weighted by molar-refractivity contribution is 0.0685. The Morgan fingerprint density at radius 1 is 1.06 bits per heavy atom. The minimum atomic E-state index is -0.389. The van der Waals surface area contributed by atoms with Gasteiger partial charge in [-0.1, -0.05) is 0 Å². The van der Waals surface area contributed by atoms with Crippen molar-refractivity contribution in [1.82, 2.24) is 0 Å². The predicted molar refractivity (Wildman–Crippen MR) is 65.8 cm³/mol. The highest BCUT2D eigenvalue weighted by Crippen LogP contribution is 2.19. The molecular formula is C13H26O4. The molecule has 1 heterocycles. The molecule has 0 aromatic rings. The number of hydrogen-bond acceptors (Lipinski definition) is 4. The molecule has 4 nitrogen and oxygen atoms in total. The summed E-state index contributed by atoms with van der Waals surface area (Å²) in [5.74, 6) is 0. The summed E-state index contributed by atoms with van der Waals surface area (Å²) in [6, 6.07) is 0. The largest absolute Gasteiger partial charge is 0.396 e. The molecule has 1 rings (SSSR count). The van der Waals surface area contributed by atoms with Crippen LogP contribution < -0.4 is 0 Å². The molecule has 3 atom stereocenters. The van der Waals surface area contributed by atoms with E-state index in [9.17, 15) is 10.2 Å². The van der Waals surface area contributed by atoms with Crippen LogP contribution in [-0.2, 0) is 4.74 Å². The zero-order valence-corrected chi connectivity index (χ0v) is 10.6. The summed E-state index contributed by atoms with van der Waals surface area (Å²) in [6.07, 6.45) is 6.07. The Kier molecular flexibility index (Phi) is 7.77. The average Bonchev–Trinajstić information content (AvgIpc) is 2.84. The third kappa shape index (κ3) is 6.99. The Balaban J connectivity index is 1.97. The van der Waals surface area contributed by atoms with E-state index < -0.39 is 0 Å². The molecule has 0 aromatic heterocycles. The second kappa shape index (κ2) is 8.86. The molecule has 0 radical (unpaired) electrons. The van der Waals surface area contributed by atoms with E-state index >= 15 is 0 Å². The molecular weight excluding hydrogens is 220 g/mol. The first-order chi connectivity index (χ1) is 8.22. The molecule has 0 aliphatic carbocycles. The van der Waals surface area contributed by atoms with Crippen molar-refractivity contribution in [2.45, 2.75) is 69.7 Å². The minimum Gasteiger partial charge on any atom is -0.396 e. The van der Waals surface area contributed by atoms with E-state index in [0.29, 0.717) is 31.8 Å². The van der Waals surface area contributed by atoms with Crippen LogP contribution in [0.2, 0.25) is 0 Å². The van der Waals surface area contributed by atoms with Crippen LogP contribution in [0, 0.1) is 0 Å². The van der Waals surface area contributed by atoms with Crippen molar-refractivity contribution in [1.29, 1.82) is 0 Å². The average molecular weight is 246 g/mol. The van der Waals surface area contributed by atoms with Crippen molar-refractivity contribution in [3.05, 3.63) is 0 Å². The van der Waals surface area contributed by atoms with Crippen molar-refractivity contribution in [3.63, 3.8) is 0 Å². The smallest absolute Gasteiger partial charge is 0.0577 e. The topological polar surface area (TPSA) is 69.9 Å². The SMILES string of the molecule is OCCC[C@@H](O)CC[C@H](O)CC[C@H]1CCCO1. The maximum atomic E-state index is 9.77. The molecule has 0 saturated carbocycles. The van der Waals surface area contributed by atoms with E-state index in [1.807, 2.05) is 0 Å². The monoisotopic (exact) mass is 246 g/mol. The molecule has 1 aliphatic rings. The Bertz CT molecular complexity index is 180. The number of ether oxygens (including phenoxy) is 1. The summed E-state index contributed by atoms with van der Waals surface area (Å²) >= 11 is 0. The summed E-state index contributed by atoms with van der Waals surface area (Å²) in [5.41, 5.74) is 0. The molecule has 0 bridgehead atoms. The van der Waals surface area contributed by atoms with Crippen LogP contribution in [-0.4, -0.2) is 46.8 Å². The first-order valence-electron chi connectivity index (χ1n) is 6.81. The lowest BCUT2D eigenvalue weighted by Crippen LogP contribution is -2.16. The number of hydrogen-bond donors (Lipinski definition) is 3. The van der Waals surface area contributed by atoms with E-state index in [2.05, 4.69) is 0 Å². The highest BCUT2D eigenvalue weighted by molar-refractivity contribution is 4.68. The highest BCUT2D eigenvalue weighted by Gasteiger charge is 2.17. The fourth-order valence-corrected chi connectivity index (χ4v) is 2.25. The second-order valence-electron chi connectivity index (χ2n) is 4.96. The van der Waals surface area contributed by atoms with Gasteiger partial charge in [0.1, 0.15) is 0 Å². The van der Waals surface area contributed by atoms with Gasteiger partial charge in [0, 0.05) is 13.2 Å². The van der Waals surface area contributed by atoms with Gasteiger partial charge in [0.2, 0.25) is 0 Å². The van der Waals surface area contributed by atoms with Crippen molar-refractivity contribution in [2.75, 3.05) is 13.2 Å². The van der Waals surface area contributed by atoms with Crippen molar-refractivity contribution < 1.29 is 20.1 Å². The van der Waals surface area contributed by atoms with Gasteiger partial charge in [0.05, 0.1) is 18.3 Å². The van der Waals surface area contributed by atoms with Crippen LogP contribution in [0.15, 0.2) is 0 Å². The van der Waals surface area contributed by atoms with Crippen LogP contribution in [0.3, 0.4) is 0 Å².